The van der Waals surface area contributed by atoms with Crippen molar-refractivity contribution < 1.29 is 4.79 Å². The molecular formula is C11H13N5O. The van der Waals surface area contributed by atoms with Gasteiger partial charge in [0.25, 0.3) is 0 Å². The third-order valence-corrected chi connectivity index (χ3v) is 2.50. The van der Waals surface area contributed by atoms with E-state index in [0.717, 1.165) is 6.54 Å². The largest absolute Gasteiger partial charge is 0.368 e. The highest BCUT2D eigenvalue weighted by Gasteiger charge is 2.18. The van der Waals surface area contributed by atoms with Crippen molar-refractivity contribution in [2.24, 2.45) is 0 Å². The van der Waals surface area contributed by atoms with Crippen LogP contribution in [0.4, 0.5) is 10.6 Å². The standard InChI is InChI=1S/C11H13N5O/c12-8-9-2-1-3-10(15-9)13-4-6-16-7-5-14-11(16)17/h1-3H,4-7H2,(H,13,15)(H,14,17). The molecule has 0 radical (unpaired) electrons. The number of urea groups is 1. The van der Waals surface area contributed by atoms with E-state index in [1.54, 1.807) is 23.1 Å². The average Bonchev–Trinajstić information content (AvgIpc) is 2.76. The Morgan fingerprint density at radius 3 is 3.18 bits per heavy atom. The Morgan fingerprint density at radius 2 is 2.47 bits per heavy atom. The van der Waals surface area contributed by atoms with Gasteiger partial charge in [0, 0.05) is 26.2 Å². The second-order valence-electron chi connectivity index (χ2n) is 3.67. The Kier molecular flexibility index (Phi) is 3.40. The third-order valence-electron chi connectivity index (χ3n) is 2.50. The molecule has 6 heteroatoms. The summed E-state index contributed by atoms with van der Waals surface area (Å²) in [4.78, 5) is 17.1. The van der Waals surface area contributed by atoms with Crippen LogP contribution in [-0.2, 0) is 0 Å². The minimum absolute atomic E-state index is 0.0227. The molecule has 0 spiro atoms. The number of nitrogens with one attached hydrogen (secondary N) is 2. The van der Waals surface area contributed by atoms with Gasteiger partial charge in [-0.25, -0.2) is 9.78 Å². The number of anilines is 1. The molecule has 0 unspecified atom stereocenters. The molecule has 88 valence electrons. The number of pyridine rings is 1. The van der Waals surface area contributed by atoms with Gasteiger partial charge in [0.2, 0.25) is 0 Å². The zero-order valence-electron chi connectivity index (χ0n) is 9.31. The summed E-state index contributed by atoms with van der Waals surface area (Å²) in [7, 11) is 0. The van der Waals surface area contributed by atoms with E-state index in [1.165, 1.54) is 0 Å². The van der Waals surface area contributed by atoms with E-state index in [4.69, 9.17) is 5.26 Å². The zero-order valence-corrected chi connectivity index (χ0v) is 9.31. The summed E-state index contributed by atoms with van der Waals surface area (Å²) in [6.45, 7) is 2.70. The number of nitriles is 1. The molecule has 2 N–H and O–H groups in total. The van der Waals surface area contributed by atoms with Crippen molar-refractivity contribution in [3.63, 3.8) is 0 Å². The summed E-state index contributed by atoms with van der Waals surface area (Å²) in [5, 5.41) is 14.5. The summed E-state index contributed by atoms with van der Waals surface area (Å²) in [6.07, 6.45) is 0. The topological polar surface area (TPSA) is 81.0 Å². The molecule has 1 saturated heterocycles. The SMILES string of the molecule is N#Cc1cccc(NCCN2CCNC2=O)n1. The van der Waals surface area contributed by atoms with Gasteiger partial charge in [-0.05, 0) is 12.1 Å². The van der Waals surface area contributed by atoms with E-state index < -0.39 is 0 Å². The van der Waals surface area contributed by atoms with Crippen LogP contribution in [0.1, 0.15) is 5.69 Å². The monoisotopic (exact) mass is 231 g/mol. The molecule has 0 saturated carbocycles. The lowest BCUT2D eigenvalue weighted by Crippen LogP contribution is -2.32. The molecule has 0 aromatic carbocycles. The van der Waals surface area contributed by atoms with Gasteiger partial charge in [-0.3, -0.25) is 0 Å². The lowest BCUT2D eigenvalue weighted by atomic mass is 10.3. The predicted molar refractivity (Wildman–Crippen MR) is 62.4 cm³/mol. The lowest BCUT2D eigenvalue weighted by molar-refractivity contribution is 0.219. The number of carbonyl (C=O) groups is 1. The summed E-state index contributed by atoms with van der Waals surface area (Å²) in [6, 6.07) is 7.18. The van der Waals surface area contributed by atoms with Gasteiger partial charge in [0.05, 0.1) is 0 Å². The molecule has 0 atom stereocenters. The highest BCUT2D eigenvalue weighted by atomic mass is 16.2. The van der Waals surface area contributed by atoms with Crippen LogP contribution in [0.15, 0.2) is 18.2 Å². The lowest BCUT2D eigenvalue weighted by Gasteiger charge is -2.14. The molecule has 2 rings (SSSR count). The maximum absolute atomic E-state index is 11.2. The van der Waals surface area contributed by atoms with Crippen LogP contribution < -0.4 is 10.6 Å². The van der Waals surface area contributed by atoms with Crippen LogP contribution in [0.5, 0.6) is 0 Å². The highest BCUT2D eigenvalue weighted by molar-refractivity contribution is 5.76. The second kappa shape index (κ2) is 5.16. The zero-order chi connectivity index (χ0) is 12.1. The predicted octanol–water partition coefficient (Wildman–Crippen LogP) is 0.390. The Balaban J connectivity index is 1.82. The first-order valence-electron chi connectivity index (χ1n) is 5.43. The van der Waals surface area contributed by atoms with E-state index in [2.05, 4.69) is 15.6 Å². The number of hydrogen-bond donors (Lipinski definition) is 2. The Labute approximate surface area is 99.2 Å². The maximum Gasteiger partial charge on any atom is 0.317 e. The van der Waals surface area contributed by atoms with Crippen LogP contribution in [0.2, 0.25) is 0 Å². The van der Waals surface area contributed by atoms with Gasteiger partial charge in [0.15, 0.2) is 0 Å². The number of rotatable bonds is 4. The third kappa shape index (κ3) is 2.84. The average molecular weight is 231 g/mol. The molecule has 1 aromatic rings. The molecule has 2 amide bonds. The van der Waals surface area contributed by atoms with E-state index in [0.29, 0.717) is 31.1 Å². The molecule has 1 fully saturated rings. The van der Waals surface area contributed by atoms with Crippen LogP contribution in [-0.4, -0.2) is 42.1 Å². The molecule has 17 heavy (non-hydrogen) atoms. The fraction of sp³-hybridized carbons (Fsp3) is 0.364. The number of carbonyl (C=O) groups excluding carboxylic acids is 1. The molecule has 2 heterocycles. The van der Waals surface area contributed by atoms with Crippen molar-refractivity contribution in [1.82, 2.24) is 15.2 Å². The van der Waals surface area contributed by atoms with Crippen molar-refractivity contribution >= 4 is 11.8 Å². The number of nitrogens with zero attached hydrogens (tertiary/aromatic N) is 3. The summed E-state index contributed by atoms with van der Waals surface area (Å²) in [5.41, 5.74) is 0.383. The summed E-state index contributed by atoms with van der Waals surface area (Å²) >= 11 is 0. The summed E-state index contributed by atoms with van der Waals surface area (Å²) in [5.74, 6) is 0.656. The van der Waals surface area contributed by atoms with Crippen molar-refractivity contribution in [2.75, 3.05) is 31.5 Å². The first-order valence-corrected chi connectivity index (χ1v) is 5.43. The summed E-state index contributed by atoms with van der Waals surface area (Å²) < 4.78 is 0. The Hall–Kier alpha value is -2.29. The molecular weight excluding hydrogens is 218 g/mol. The first-order chi connectivity index (χ1) is 8.29. The molecule has 1 aliphatic rings. The van der Waals surface area contributed by atoms with Crippen molar-refractivity contribution in [2.45, 2.75) is 0 Å². The number of aromatic nitrogens is 1. The fourth-order valence-electron chi connectivity index (χ4n) is 1.64. The van der Waals surface area contributed by atoms with E-state index in [1.807, 2.05) is 6.07 Å². The Bertz CT molecular complexity index is 453. The molecule has 6 nitrogen and oxygen atoms in total. The van der Waals surface area contributed by atoms with Gasteiger partial charge >= 0.3 is 6.03 Å². The molecule has 0 aliphatic carbocycles. The minimum atomic E-state index is -0.0227. The van der Waals surface area contributed by atoms with E-state index >= 15 is 0 Å². The van der Waals surface area contributed by atoms with Crippen LogP contribution in [0.3, 0.4) is 0 Å². The van der Waals surface area contributed by atoms with Gasteiger partial charge in [-0.2, -0.15) is 5.26 Å². The molecule has 1 aromatic heterocycles. The van der Waals surface area contributed by atoms with Crippen molar-refractivity contribution in [3.8, 4) is 6.07 Å². The highest BCUT2D eigenvalue weighted by Crippen LogP contribution is 2.04. The Morgan fingerprint density at radius 1 is 1.59 bits per heavy atom. The fourth-order valence-corrected chi connectivity index (χ4v) is 1.64. The van der Waals surface area contributed by atoms with Gasteiger partial charge in [-0.15, -0.1) is 0 Å². The van der Waals surface area contributed by atoms with E-state index in [-0.39, 0.29) is 6.03 Å². The minimum Gasteiger partial charge on any atom is -0.368 e. The number of amides is 2. The van der Waals surface area contributed by atoms with Crippen LogP contribution >= 0.6 is 0 Å². The number of hydrogen-bond acceptors (Lipinski definition) is 4. The smallest absolute Gasteiger partial charge is 0.317 e. The quantitative estimate of drug-likeness (QED) is 0.785. The molecule has 1 aliphatic heterocycles. The van der Waals surface area contributed by atoms with Crippen molar-refractivity contribution in [1.29, 1.82) is 5.26 Å². The normalized spacial score (nSPS) is 14.3. The van der Waals surface area contributed by atoms with Gasteiger partial charge in [-0.1, -0.05) is 6.07 Å². The van der Waals surface area contributed by atoms with Gasteiger partial charge < -0.3 is 15.5 Å². The second-order valence-corrected chi connectivity index (χ2v) is 3.67. The molecule has 0 bridgehead atoms. The van der Waals surface area contributed by atoms with Crippen LogP contribution in [0, 0.1) is 11.3 Å². The first kappa shape index (κ1) is 11.2. The maximum atomic E-state index is 11.2. The van der Waals surface area contributed by atoms with E-state index in [9.17, 15) is 4.79 Å². The van der Waals surface area contributed by atoms with Crippen LogP contribution in [0.25, 0.3) is 0 Å². The van der Waals surface area contributed by atoms with Crippen molar-refractivity contribution in [3.05, 3.63) is 23.9 Å². The van der Waals surface area contributed by atoms with Gasteiger partial charge in [0.1, 0.15) is 17.6 Å².